The molecule has 2 rings (SSSR count). The molecule has 1 unspecified atom stereocenters. The van der Waals surface area contributed by atoms with Gasteiger partial charge in [0.25, 0.3) is 0 Å². The average Bonchev–Trinajstić information content (AvgIpc) is 2.90. The molecule has 92 valence electrons. The van der Waals surface area contributed by atoms with Gasteiger partial charge in [-0.1, -0.05) is 0 Å². The van der Waals surface area contributed by atoms with Crippen LogP contribution in [0.15, 0.2) is 0 Å². The van der Waals surface area contributed by atoms with Crippen molar-refractivity contribution in [3.05, 3.63) is 0 Å². The number of carbonyl (C=O) groups is 1. The zero-order valence-electron chi connectivity index (χ0n) is 9.80. The molecule has 2 amide bonds. The van der Waals surface area contributed by atoms with Crippen molar-refractivity contribution in [3.63, 3.8) is 0 Å². The molecule has 2 saturated heterocycles. The van der Waals surface area contributed by atoms with Crippen LogP contribution in [-0.4, -0.2) is 56.2 Å². The van der Waals surface area contributed by atoms with Gasteiger partial charge >= 0.3 is 6.03 Å². The zero-order valence-corrected chi connectivity index (χ0v) is 9.80. The molecule has 2 aliphatic heterocycles. The summed E-state index contributed by atoms with van der Waals surface area (Å²) in [5.74, 6) is 0. The van der Waals surface area contributed by atoms with Crippen molar-refractivity contribution in [2.24, 2.45) is 0 Å². The predicted octanol–water partition coefficient (Wildman–Crippen LogP) is -0.257. The van der Waals surface area contributed by atoms with Gasteiger partial charge in [0.05, 0.1) is 0 Å². The van der Waals surface area contributed by atoms with E-state index in [-0.39, 0.29) is 6.03 Å². The van der Waals surface area contributed by atoms with Crippen LogP contribution < -0.4 is 16.0 Å². The minimum atomic E-state index is -0.0205. The van der Waals surface area contributed by atoms with Crippen LogP contribution in [0.25, 0.3) is 0 Å². The summed E-state index contributed by atoms with van der Waals surface area (Å²) in [5, 5.41) is 9.12. The van der Waals surface area contributed by atoms with E-state index in [9.17, 15) is 4.79 Å². The molecule has 1 atom stereocenters. The molecule has 0 aliphatic carbocycles. The van der Waals surface area contributed by atoms with Gasteiger partial charge < -0.3 is 20.9 Å². The number of amides is 2. The van der Waals surface area contributed by atoms with Crippen LogP contribution >= 0.6 is 0 Å². The molecule has 5 nitrogen and oxygen atoms in total. The average molecular weight is 226 g/mol. The Bertz CT molecular complexity index is 222. The Balaban J connectivity index is 1.52. The van der Waals surface area contributed by atoms with E-state index in [1.807, 2.05) is 0 Å². The standard InChI is InChI=1S/C11H22N4O/c16-11(14-10-3-4-12-9-10)13-5-8-15-6-1-2-7-15/h10,12H,1-9H2,(H2,13,14,16). The van der Waals surface area contributed by atoms with Gasteiger partial charge in [-0.05, 0) is 38.9 Å². The Hall–Kier alpha value is -0.810. The lowest BCUT2D eigenvalue weighted by Crippen LogP contribution is -2.45. The van der Waals surface area contributed by atoms with Gasteiger partial charge in [0.2, 0.25) is 0 Å². The summed E-state index contributed by atoms with van der Waals surface area (Å²) >= 11 is 0. The molecule has 0 bridgehead atoms. The lowest BCUT2D eigenvalue weighted by atomic mass is 10.3. The number of hydrogen-bond acceptors (Lipinski definition) is 3. The maximum Gasteiger partial charge on any atom is 0.315 e. The monoisotopic (exact) mass is 226 g/mol. The maximum atomic E-state index is 11.5. The summed E-state index contributed by atoms with van der Waals surface area (Å²) in [7, 11) is 0. The summed E-state index contributed by atoms with van der Waals surface area (Å²) in [6.07, 6.45) is 3.65. The lowest BCUT2D eigenvalue weighted by Gasteiger charge is -2.16. The third kappa shape index (κ3) is 3.64. The molecule has 2 aliphatic rings. The number of carbonyl (C=O) groups excluding carboxylic acids is 1. The number of nitrogens with one attached hydrogen (secondary N) is 3. The van der Waals surface area contributed by atoms with Crippen molar-refractivity contribution in [2.45, 2.75) is 25.3 Å². The highest BCUT2D eigenvalue weighted by Crippen LogP contribution is 2.05. The van der Waals surface area contributed by atoms with Gasteiger partial charge in [-0.15, -0.1) is 0 Å². The van der Waals surface area contributed by atoms with Crippen LogP contribution in [0.2, 0.25) is 0 Å². The summed E-state index contributed by atoms with van der Waals surface area (Å²) < 4.78 is 0. The second-order valence-corrected chi connectivity index (χ2v) is 4.64. The van der Waals surface area contributed by atoms with Gasteiger partial charge in [0, 0.05) is 25.7 Å². The highest BCUT2D eigenvalue weighted by atomic mass is 16.2. The number of hydrogen-bond donors (Lipinski definition) is 3. The molecule has 5 heteroatoms. The number of likely N-dealkylation sites (tertiary alicyclic amines) is 1. The maximum absolute atomic E-state index is 11.5. The fourth-order valence-corrected chi connectivity index (χ4v) is 2.35. The first-order valence-corrected chi connectivity index (χ1v) is 6.32. The summed E-state index contributed by atoms with van der Waals surface area (Å²) in [4.78, 5) is 13.9. The van der Waals surface area contributed by atoms with Crippen LogP contribution in [0.4, 0.5) is 4.79 Å². The van der Waals surface area contributed by atoms with Crippen molar-refractivity contribution in [3.8, 4) is 0 Å². The van der Waals surface area contributed by atoms with Crippen molar-refractivity contribution < 1.29 is 4.79 Å². The lowest BCUT2D eigenvalue weighted by molar-refractivity contribution is 0.235. The first-order chi connectivity index (χ1) is 7.84. The fraction of sp³-hybridized carbons (Fsp3) is 0.909. The predicted molar refractivity (Wildman–Crippen MR) is 63.5 cm³/mol. The molecule has 0 radical (unpaired) electrons. The third-order valence-electron chi connectivity index (χ3n) is 3.31. The number of rotatable bonds is 4. The molecule has 2 fully saturated rings. The Kier molecular flexibility index (Phi) is 4.42. The Morgan fingerprint density at radius 3 is 2.88 bits per heavy atom. The normalized spacial score (nSPS) is 25.9. The van der Waals surface area contributed by atoms with Crippen molar-refractivity contribution >= 4 is 6.03 Å². The van der Waals surface area contributed by atoms with Crippen LogP contribution in [0, 0.1) is 0 Å². The van der Waals surface area contributed by atoms with Gasteiger partial charge in [0.1, 0.15) is 0 Å². The minimum Gasteiger partial charge on any atom is -0.337 e. The second kappa shape index (κ2) is 6.06. The van der Waals surface area contributed by atoms with Gasteiger partial charge in [0.15, 0.2) is 0 Å². The van der Waals surface area contributed by atoms with Crippen molar-refractivity contribution in [2.75, 3.05) is 39.3 Å². The first kappa shape index (κ1) is 11.7. The summed E-state index contributed by atoms with van der Waals surface area (Å²) in [5.41, 5.74) is 0. The number of nitrogens with zero attached hydrogens (tertiary/aromatic N) is 1. The molecule has 3 N–H and O–H groups in total. The van der Waals surface area contributed by atoms with Gasteiger partial charge in [-0.25, -0.2) is 4.79 Å². The summed E-state index contributed by atoms with van der Waals surface area (Å²) in [6, 6.07) is 0.291. The van der Waals surface area contributed by atoms with E-state index >= 15 is 0 Å². The smallest absolute Gasteiger partial charge is 0.315 e. The molecule has 0 aromatic carbocycles. The van der Waals surface area contributed by atoms with E-state index in [0.29, 0.717) is 6.04 Å². The molecule has 0 aromatic heterocycles. The van der Waals surface area contributed by atoms with Crippen LogP contribution in [-0.2, 0) is 0 Å². The molecule has 16 heavy (non-hydrogen) atoms. The fourth-order valence-electron chi connectivity index (χ4n) is 2.35. The highest BCUT2D eigenvalue weighted by molar-refractivity contribution is 5.74. The first-order valence-electron chi connectivity index (χ1n) is 6.32. The minimum absolute atomic E-state index is 0.0205. The van der Waals surface area contributed by atoms with E-state index < -0.39 is 0 Å². The molecule has 0 spiro atoms. The largest absolute Gasteiger partial charge is 0.337 e. The quantitative estimate of drug-likeness (QED) is 0.619. The van der Waals surface area contributed by atoms with E-state index in [1.165, 1.54) is 25.9 Å². The van der Waals surface area contributed by atoms with E-state index in [4.69, 9.17) is 0 Å². The van der Waals surface area contributed by atoms with Crippen LogP contribution in [0.1, 0.15) is 19.3 Å². The Morgan fingerprint density at radius 1 is 1.38 bits per heavy atom. The molecular formula is C11H22N4O. The highest BCUT2D eigenvalue weighted by Gasteiger charge is 2.16. The van der Waals surface area contributed by atoms with Crippen LogP contribution in [0.5, 0.6) is 0 Å². The summed E-state index contributed by atoms with van der Waals surface area (Å²) in [6.45, 7) is 6.03. The van der Waals surface area contributed by atoms with E-state index in [0.717, 1.165) is 32.6 Å². The Morgan fingerprint density at radius 2 is 2.19 bits per heavy atom. The second-order valence-electron chi connectivity index (χ2n) is 4.64. The molecule has 0 aromatic rings. The van der Waals surface area contributed by atoms with Gasteiger partial charge in [-0.3, -0.25) is 0 Å². The molecular weight excluding hydrogens is 204 g/mol. The topological polar surface area (TPSA) is 56.4 Å². The Labute approximate surface area is 96.9 Å². The van der Waals surface area contributed by atoms with E-state index in [1.54, 1.807) is 0 Å². The number of urea groups is 1. The third-order valence-corrected chi connectivity index (χ3v) is 3.31. The van der Waals surface area contributed by atoms with Gasteiger partial charge in [-0.2, -0.15) is 0 Å². The van der Waals surface area contributed by atoms with Crippen molar-refractivity contribution in [1.29, 1.82) is 0 Å². The molecule has 0 saturated carbocycles. The van der Waals surface area contributed by atoms with Crippen molar-refractivity contribution in [1.82, 2.24) is 20.9 Å². The van der Waals surface area contributed by atoms with Crippen LogP contribution in [0.3, 0.4) is 0 Å². The molecule has 2 heterocycles. The SMILES string of the molecule is O=C(NCCN1CCCC1)NC1CCNC1. The van der Waals surface area contributed by atoms with E-state index in [2.05, 4.69) is 20.9 Å². The zero-order chi connectivity index (χ0) is 11.2.